The lowest BCUT2D eigenvalue weighted by Crippen LogP contribution is -2.78. The quantitative estimate of drug-likeness (QED) is 0.462. The van der Waals surface area contributed by atoms with Gasteiger partial charge in [0.1, 0.15) is 12.2 Å². The first-order chi connectivity index (χ1) is 10.0. The first-order valence-corrected chi connectivity index (χ1v) is 6.39. The van der Waals surface area contributed by atoms with Crippen molar-refractivity contribution < 1.29 is 46.4 Å². The highest BCUT2D eigenvalue weighted by atomic mass is 19.4. The van der Waals surface area contributed by atoms with Gasteiger partial charge < -0.3 is 19.7 Å². The molecule has 0 spiro atoms. The number of hydrogen-bond acceptors (Lipinski definition) is 5. The van der Waals surface area contributed by atoms with Gasteiger partial charge in [-0.2, -0.15) is 22.0 Å². The number of carbonyl (C=O) groups excluding carboxylic acids is 1. The summed E-state index contributed by atoms with van der Waals surface area (Å²) in [5, 5.41) is 19.4. The average molecular weight is 348 g/mol. The molecule has 10 heteroatoms. The van der Waals surface area contributed by atoms with Crippen LogP contribution in [-0.4, -0.2) is 52.9 Å². The van der Waals surface area contributed by atoms with E-state index in [-0.39, 0.29) is 5.57 Å². The summed E-state index contributed by atoms with van der Waals surface area (Å²) in [6, 6.07) is 0. The molecular weight excluding hydrogens is 331 g/mol. The van der Waals surface area contributed by atoms with Gasteiger partial charge in [0.25, 0.3) is 0 Å². The van der Waals surface area contributed by atoms with Crippen molar-refractivity contribution in [3.05, 3.63) is 12.2 Å². The summed E-state index contributed by atoms with van der Waals surface area (Å²) in [5.74, 6) is -11.0. The molecule has 5 nitrogen and oxygen atoms in total. The standard InChI is InChI=1S/C13H17F5O5/c1-7(2)8(19)22-5-9(3)6-23-12(21,13(16,17)18)11(14,15)10(9,4)20/h20-21H,1,5-6H2,2-4H3. The minimum atomic E-state index is -5.85. The molecule has 1 aliphatic heterocycles. The van der Waals surface area contributed by atoms with Gasteiger partial charge in [-0.1, -0.05) is 13.5 Å². The van der Waals surface area contributed by atoms with E-state index in [1.165, 1.54) is 6.92 Å². The minimum absolute atomic E-state index is 0.0662. The van der Waals surface area contributed by atoms with Crippen molar-refractivity contribution in [3.63, 3.8) is 0 Å². The highest BCUT2D eigenvalue weighted by molar-refractivity contribution is 5.86. The molecule has 1 saturated heterocycles. The van der Waals surface area contributed by atoms with E-state index >= 15 is 0 Å². The summed E-state index contributed by atoms with van der Waals surface area (Å²) in [7, 11) is 0. The second kappa shape index (κ2) is 5.38. The van der Waals surface area contributed by atoms with E-state index in [1.807, 2.05) is 0 Å². The third-order valence-electron chi connectivity index (χ3n) is 4.07. The van der Waals surface area contributed by atoms with Gasteiger partial charge in [0.15, 0.2) is 0 Å². The third kappa shape index (κ3) is 2.72. The van der Waals surface area contributed by atoms with E-state index in [4.69, 9.17) is 0 Å². The molecule has 0 aliphatic carbocycles. The molecular formula is C13H17F5O5. The summed E-state index contributed by atoms with van der Waals surface area (Å²) < 4.78 is 75.4. The van der Waals surface area contributed by atoms with Crippen molar-refractivity contribution in [2.24, 2.45) is 5.41 Å². The zero-order valence-electron chi connectivity index (χ0n) is 12.6. The van der Waals surface area contributed by atoms with E-state index < -0.39 is 48.1 Å². The molecule has 1 rings (SSSR count). The van der Waals surface area contributed by atoms with Gasteiger partial charge in [0.05, 0.1) is 12.0 Å². The summed E-state index contributed by atoms with van der Waals surface area (Å²) in [6.07, 6.45) is -5.85. The lowest BCUT2D eigenvalue weighted by Gasteiger charge is -2.55. The van der Waals surface area contributed by atoms with Gasteiger partial charge in [0.2, 0.25) is 0 Å². The lowest BCUT2D eigenvalue weighted by molar-refractivity contribution is -0.489. The Kier molecular flexibility index (Phi) is 4.63. The SMILES string of the molecule is C=C(C)C(=O)OCC1(C)COC(O)(C(F)(F)F)C(F)(F)C1(C)O. The van der Waals surface area contributed by atoms with Gasteiger partial charge in [-0.25, -0.2) is 4.79 Å². The Morgan fingerprint density at radius 3 is 2.17 bits per heavy atom. The van der Waals surface area contributed by atoms with Crippen LogP contribution in [0.1, 0.15) is 20.8 Å². The number of hydrogen-bond donors (Lipinski definition) is 2. The number of carbonyl (C=O) groups is 1. The molecule has 0 saturated carbocycles. The molecule has 3 atom stereocenters. The molecule has 1 fully saturated rings. The van der Waals surface area contributed by atoms with Crippen LogP contribution in [0.5, 0.6) is 0 Å². The molecule has 1 aliphatic rings. The highest BCUT2D eigenvalue weighted by Crippen LogP contribution is 2.57. The van der Waals surface area contributed by atoms with E-state index in [2.05, 4.69) is 16.1 Å². The normalized spacial score (nSPS) is 37.3. The number of ether oxygens (including phenoxy) is 2. The topological polar surface area (TPSA) is 76.0 Å². The summed E-state index contributed by atoms with van der Waals surface area (Å²) in [5.41, 5.74) is -5.57. The van der Waals surface area contributed by atoms with Crippen LogP contribution >= 0.6 is 0 Å². The predicted molar refractivity (Wildman–Crippen MR) is 66.4 cm³/mol. The summed E-state index contributed by atoms with van der Waals surface area (Å²) in [6.45, 7) is 3.90. The van der Waals surface area contributed by atoms with Crippen LogP contribution in [0.4, 0.5) is 22.0 Å². The minimum Gasteiger partial charge on any atom is -0.462 e. The zero-order valence-corrected chi connectivity index (χ0v) is 12.6. The molecule has 0 aromatic carbocycles. The van der Waals surface area contributed by atoms with E-state index in [0.29, 0.717) is 6.92 Å². The van der Waals surface area contributed by atoms with E-state index in [9.17, 15) is 37.0 Å². The highest BCUT2D eigenvalue weighted by Gasteiger charge is 2.82. The van der Waals surface area contributed by atoms with Gasteiger partial charge in [-0.3, -0.25) is 0 Å². The van der Waals surface area contributed by atoms with Crippen LogP contribution in [0, 0.1) is 5.41 Å². The van der Waals surface area contributed by atoms with Crippen molar-refractivity contribution in [1.29, 1.82) is 0 Å². The largest absolute Gasteiger partial charge is 0.462 e. The summed E-state index contributed by atoms with van der Waals surface area (Å²) in [4.78, 5) is 11.3. The first-order valence-electron chi connectivity index (χ1n) is 6.39. The fourth-order valence-electron chi connectivity index (χ4n) is 1.99. The Bertz CT molecular complexity index is 515. The van der Waals surface area contributed by atoms with Crippen molar-refractivity contribution in [2.45, 2.75) is 44.3 Å². The number of rotatable bonds is 3. The average Bonchev–Trinajstić information content (AvgIpc) is 2.38. The molecule has 0 amide bonds. The third-order valence-corrected chi connectivity index (χ3v) is 4.07. The Labute approximate surface area is 128 Å². The first kappa shape index (κ1) is 19.8. The Hall–Kier alpha value is -1.26. The fraction of sp³-hybridized carbons (Fsp3) is 0.769. The molecule has 23 heavy (non-hydrogen) atoms. The number of alkyl halides is 5. The lowest BCUT2D eigenvalue weighted by atomic mass is 9.67. The van der Waals surface area contributed by atoms with Gasteiger partial charge in [0, 0.05) is 5.57 Å². The van der Waals surface area contributed by atoms with Crippen LogP contribution in [-0.2, 0) is 14.3 Å². The molecule has 2 N–H and O–H groups in total. The predicted octanol–water partition coefficient (Wildman–Crippen LogP) is 1.78. The molecule has 0 bridgehead atoms. The number of halogens is 5. The maximum atomic E-state index is 14.2. The maximum Gasteiger partial charge on any atom is 0.449 e. The van der Waals surface area contributed by atoms with E-state index in [0.717, 1.165) is 6.92 Å². The van der Waals surface area contributed by atoms with Gasteiger partial charge in [-0.15, -0.1) is 0 Å². The molecule has 0 radical (unpaired) electrons. The fourth-order valence-corrected chi connectivity index (χ4v) is 1.99. The smallest absolute Gasteiger partial charge is 0.449 e. The zero-order chi connectivity index (χ0) is 18.5. The Morgan fingerprint density at radius 1 is 1.30 bits per heavy atom. The number of aliphatic hydroxyl groups is 2. The second-order valence-electron chi connectivity index (χ2n) is 5.99. The molecule has 0 aromatic heterocycles. The molecule has 3 unspecified atom stereocenters. The molecule has 0 aromatic rings. The Morgan fingerprint density at radius 2 is 1.78 bits per heavy atom. The van der Waals surface area contributed by atoms with E-state index in [1.54, 1.807) is 0 Å². The summed E-state index contributed by atoms with van der Waals surface area (Å²) >= 11 is 0. The molecule has 134 valence electrons. The Balaban J connectivity index is 3.19. The van der Waals surface area contributed by atoms with Gasteiger partial charge >= 0.3 is 23.9 Å². The van der Waals surface area contributed by atoms with Gasteiger partial charge in [-0.05, 0) is 13.8 Å². The second-order valence-corrected chi connectivity index (χ2v) is 5.99. The maximum absolute atomic E-state index is 14.2. The van der Waals surface area contributed by atoms with Crippen LogP contribution < -0.4 is 0 Å². The monoisotopic (exact) mass is 348 g/mol. The van der Waals surface area contributed by atoms with Crippen LogP contribution in [0.15, 0.2) is 12.2 Å². The van der Waals surface area contributed by atoms with Crippen molar-refractivity contribution in [2.75, 3.05) is 13.2 Å². The van der Waals surface area contributed by atoms with Crippen LogP contribution in [0.2, 0.25) is 0 Å². The van der Waals surface area contributed by atoms with Crippen molar-refractivity contribution >= 4 is 5.97 Å². The molecule has 1 heterocycles. The number of esters is 1. The van der Waals surface area contributed by atoms with Crippen molar-refractivity contribution in [3.8, 4) is 0 Å². The van der Waals surface area contributed by atoms with Crippen LogP contribution in [0.25, 0.3) is 0 Å². The van der Waals surface area contributed by atoms with Crippen molar-refractivity contribution in [1.82, 2.24) is 0 Å². The van der Waals surface area contributed by atoms with Crippen LogP contribution in [0.3, 0.4) is 0 Å².